The summed E-state index contributed by atoms with van der Waals surface area (Å²) >= 11 is 0. The maximum absolute atomic E-state index is 12.2. The molecule has 0 spiro atoms. The molecule has 1 aliphatic rings. The molecule has 0 radical (unpaired) electrons. The average molecular weight is 338 g/mol. The number of nitrogens with one attached hydrogen (secondary N) is 2. The summed E-state index contributed by atoms with van der Waals surface area (Å²) < 4.78 is 1.60. The summed E-state index contributed by atoms with van der Waals surface area (Å²) in [6, 6.07) is 4.08. The van der Waals surface area contributed by atoms with Gasteiger partial charge in [0.1, 0.15) is 5.82 Å². The molecule has 0 saturated carbocycles. The minimum atomic E-state index is -0.206. The third kappa shape index (κ3) is 3.28. The number of H-pyrrole nitrogens is 1. The van der Waals surface area contributed by atoms with Crippen LogP contribution in [0.3, 0.4) is 0 Å². The molecule has 130 valence electrons. The van der Waals surface area contributed by atoms with Gasteiger partial charge in [0.2, 0.25) is 0 Å². The second kappa shape index (κ2) is 6.33. The molecule has 0 atom stereocenters. The summed E-state index contributed by atoms with van der Waals surface area (Å²) in [7, 11) is 3.95. The molecule has 2 N–H and O–H groups in total. The number of nitrogens with zero attached hydrogens (tertiary/aromatic N) is 4. The van der Waals surface area contributed by atoms with E-state index in [0.29, 0.717) is 17.3 Å². The molecule has 3 aromatic rings. The Hall–Kier alpha value is -2.67. The lowest BCUT2D eigenvalue weighted by Crippen LogP contribution is -2.29. The molecule has 1 aliphatic heterocycles. The highest BCUT2D eigenvalue weighted by molar-refractivity contribution is 6.04. The minimum absolute atomic E-state index is 0.206. The molecule has 7 nitrogen and oxygen atoms in total. The number of carbonyl (C=O) groups excluding carboxylic acids is 1. The van der Waals surface area contributed by atoms with E-state index in [0.717, 1.165) is 24.0 Å². The van der Waals surface area contributed by atoms with E-state index < -0.39 is 0 Å². The molecule has 4 heterocycles. The fourth-order valence-corrected chi connectivity index (χ4v) is 3.38. The summed E-state index contributed by atoms with van der Waals surface area (Å²) in [4.78, 5) is 22.5. The van der Waals surface area contributed by atoms with Crippen molar-refractivity contribution in [3.63, 3.8) is 0 Å². The van der Waals surface area contributed by atoms with Crippen LogP contribution in [0.1, 0.15) is 34.8 Å². The number of pyridine rings is 1. The molecule has 0 aromatic carbocycles. The van der Waals surface area contributed by atoms with Gasteiger partial charge in [-0.15, -0.1) is 0 Å². The molecular formula is C18H22N6O. The Kier molecular flexibility index (Phi) is 4.01. The first-order chi connectivity index (χ1) is 12.1. The van der Waals surface area contributed by atoms with Gasteiger partial charge in [-0.3, -0.25) is 9.48 Å². The molecule has 0 bridgehead atoms. The predicted molar refractivity (Wildman–Crippen MR) is 96.7 cm³/mol. The van der Waals surface area contributed by atoms with Gasteiger partial charge in [-0.2, -0.15) is 5.10 Å². The third-order valence-electron chi connectivity index (χ3n) is 4.89. The SMILES string of the molecule is CN1CCC(c2cc3cnc(NC(=O)c4cnn(C)c4)cc3[nH]2)CC1. The number of aryl methyl sites for hydroxylation is 1. The second-order valence-electron chi connectivity index (χ2n) is 6.82. The van der Waals surface area contributed by atoms with E-state index >= 15 is 0 Å². The van der Waals surface area contributed by atoms with Crippen LogP contribution < -0.4 is 5.32 Å². The second-order valence-corrected chi connectivity index (χ2v) is 6.82. The molecule has 1 fully saturated rings. The van der Waals surface area contributed by atoms with Crippen LogP contribution in [0.15, 0.2) is 30.7 Å². The van der Waals surface area contributed by atoms with Gasteiger partial charge in [-0.05, 0) is 39.0 Å². The number of hydrogen-bond donors (Lipinski definition) is 2. The highest BCUT2D eigenvalue weighted by atomic mass is 16.1. The van der Waals surface area contributed by atoms with Crippen molar-refractivity contribution in [1.82, 2.24) is 24.6 Å². The van der Waals surface area contributed by atoms with Crippen LogP contribution in [0.25, 0.3) is 10.9 Å². The predicted octanol–water partition coefficient (Wildman–Crippen LogP) is 2.36. The highest BCUT2D eigenvalue weighted by Gasteiger charge is 2.20. The van der Waals surface area contributed by atoms with Gasteiger partial charge in [0.25, 0.3) is 5.91 Å². The van der Waals surface area contributed by atoms with E-state index in [1.165, 1.54) is 18.5 Å². The Morgan fingerprint density at radius 2 is 2.04 bits per heavy atom. The molecule has 25 heavy (non-hydrogen) atoms. The lowest BCUT2D eigenvalue weighted by atomic mass is 9.94. The molecule has 7 heteroatoms. The smallest absolute Gasteiger partial charge is 0.260 e. The van der Waals surface area contributed by atoms with Crippen molar-refractivity contribution in [3.8, 4) is 0 Å². The van der Waals surface area contributed by atoms with Gasteiger partial charge >= 0.3 is 0 Å². The maximum atomic E-state index is 12.2. The van der Waals surface area contributed by atoms with E-state index in [-0.39, 0.29) is 5.91 Å². The summed E-state index contributed by atoms with van der Waals surface area (Å²) in [6.45, 7) is 2.26. The summed E-state index contributed by atoms with van der Waals surface area (Å²) in [5.74, 6) is 0.900. The van der Waals surface area contributed by atoms with Crippen LogP contribution in [0.2, 0.25) is 0 Å². The number of piperidine rings is 1. The number of aromatic amines is 1. The van der Waals surface area contributed by atoms with Crippen LogP contribution in [0.4, 0.5) is 5.82 Å². The quantitative estimate of drug-likeness (QED) is 0.768. The van der Waals surface area contributed by atoms with Gasteiger partial charge in [0, 0.05) is 42.5 Å². The molecule has 0 unspecified atom stereocenters. The van der Waals surface area contributed by atoms with Crippen molar-refractivity contribution >= 4 is 22.6 Å². The number of hydrogen-bond acceptors (Lipinski definition) is 4. The fourth-order valence-electron chi connectivity index (χ4n) is 3.38. The van der Waals surface area contributed by atoms with Crippen molar-refractivity contribution in [2.45, 2.75) is 18.8 Å². The molecule has 4 rings (SSSR count). The number of likely N-dealkylation sites (tertiary alicyclic amines) is 1. The van der Waals surface area contributed by atoms with Crippen molar-refractivity contribution in [2.24, 2.45) is 7.05 Å². The van der Waals surface area contributed by atoms with E-state index in [9.17, 15) is 4.79 Å². The van der Waals surface area contributed by atoms with Gasteiger partial charge in [0.05, 0.1) is 17.3 Å². The Morgan fingerprint density at radius 3 is 2.76 bits per heavy atom. The van der Waals surface area contributed by atoms with Gasteiger partial charge < -0.3 is 15.2 Å². The first kappa shape index (κ1) is 15.8. The summed E-state index contributed by atoms with van der Waals surface area (Å²) in [5.41, 5.74) is 2.79. The normalized spacial score (nSPS) is 16.4. The third-order valence-corrected chi connectivity index (χ3v) is 4.89. The summed E-state index contributed by atoms with van der Waals surface area (Å²) in [5, 5.41) is 7.92. The van der Waals surface area contributed by atoms with Crippen molar-refractivity contribution < 1.29 is 4.79 Å². The van der Waals surface area contributed by atoms with Gasteiger partial charge in [-0.1, -0.05) is 0 Å². The number of amides is 1. The largest absolute Gasteiger partial charge is 0.358 e. The summed E-state index contributed by atoms with van der Waals surface area (Å²) in [6.07, 6.45) is 7.37. The number of carbonyl (C=O) groups is 1. The van der Waals surface area contributed by atoms with Crippen molar-refractivity contribution in [1.29, 1.82) is 0 Å². The zero-order valence-electron chi connectivity index (χ0n) is 14.5. The molecule has 0 aliphatic carbocycles. The van der Waals surface area contributed by atoms with Crippen LogP contribution in [0, 0.1) is 0 Å². The van der Waals surface area contributed by atoms with Gasteiger partial charge in [0.15, 0.2) is 0 Å². The van der Waals surface area contributed by atoms with E-state index in [2.05, 4.69) is 38.4 Å². The number of aromatic nitrogens is 4. The standard InChI is InChI=1S/C18H22N6O/c1-23-5-3-12(4-6-23)15-7-13-9-19-17(8-16(13)21-15)22-18(25)14-10-20-24(2)11-14/h7-12,21H,3-6H2,1-2H3,(H,19,22,25). The van der Waals surface area contributed by atoms with Crippen LogP contribution in [-0.2, 0) is 7.05 Å². The monoisotopic (exact) mass is 338 g/mol. The van der Waals surface area contributed by atoms with Crippen LogP contribution in [0.5, 0.6) is 0 Å². The zero-order chi connectivity index (χ0) is 17.4. The zero-order valence-corrected chi connectivity index (χ0v) is 14.5. The minimum Gasteiger partial charge on any atom is -0.358 e. The lowest BCUT2D eigenvalue weighted by Gasteiger charge is -2.28. The topological polar surface area (TPSA) is 78.8 Å². The molecule has 1 amide bonds. The number of rotatable bonds is 3. The Bertz CT molecular complexity index is 903. The van der Waals surface area contributed by atoms with Crippen molar-refractivity contribution in [2.75, 3.05) is 25.5 Å². The van der Waals surface area contributed by atoms with Crippen LogP contribution >= 0.6 is 0 Å². The van der Waals surface area contributed by atoms with Crippen molar-refractivity contribution in [3.05, 3.63) is 42.0 Å². The van der Waals surface area contributed by atoms with Gasteiger partial charge in [-0.25, -0.2) is 4.98 Å². The Labute approximate surface area is 146 Å². The van der Waals surface area contributed by atoms with Crippen LogP contribution in [-0.4, -0.2) is 50.7 Å². The Balaban J connectivity index is 1.53. The number of fused-ring (bicyclic) bond motifs is 1. The molecular weight excluding hydrogens is 316 g/mol. The number of anilines is 1. The highest BCUT2D eigenvalue weighted by Crippen LogP contribution is 2.29. The first-order valence-electron chi connectivity index (χ1n) is 8.56. The van der Waals surface area contributed by atoms with E-state index in [1.54, 1.807) is 24.1 Å². The molecule has 3 aromatic heterocycles. The maximum Gasteiger partial charge on any atom is 0.260 e. The average Bonchev–Trinajstić information content (AvgIpc) is 3.21. The van der Waals surface area contributed by atoms with E-state index in [1.807, 2.05) is 12.3 Å². The Morgan fingerprint density at radius 1 is 1.24 bits per heavy atom. The van der Waals surface area contributed by atoms with E-state index in [4.69, 9.17) is 0 Å². The molecule has 1 saturated heterocycles. The first-order valence-corrected chi connectivity index (χ1v) is 8.56. The fraction of sp³-hybridized carbons (Fsp3) is 0.389. The lowest BCUT2D eigenvalue weighted by molar-refractivity contribution is 0.102.